The number of hydrogen-bond acceptors (Lipinski definition) is 3. The van der Waals surface area contributed by atoms with Gasteiger partial charge in [-0.05, 0) is 19.8 Å². The summed E-state index contributed by atoms with van der Waals surface area (Å²) >= 11 is 0. The first-order valence-electron chi connectivity index (χ1n) is 6.32. The molecule has 96 valence electrons. The third-order valence-corrected chi connectivity index (χ3v) is 3.09. The summed E-state index contributed by atoms with van der Waals surface area (Å²) in [6.07, 6.45) is 7.69. The lowest BCUT2D eigenvalue weighted by molar-refractivity contribution is -0.133. The number of rotatable bonds is 5. The number of nitrogens with zero attached hydrogens (tertiary/aromatic N) is 2. The molecule has 1 atom stereocenters. The van der Waals surface area contributed by atoms with Crippen molar-refractivity contribution in [2.75, 3.05) is 32.7 Å². The van der Waals surface area contributed by atoms with Crippen LogP contribution in [-0.2, 0) is 4.79 Å². The topological polar surface area (TPSA) is 49.6 Å². The first-order chi connectivity index (χ1) is 8.13. The maximum absolute atomic E-state index is 11.9. The summed E-state index contributed by atoms with van der Waals surface area (Å²) in [7, 11) is 0. The van der Waals surface area contributed by atoms with Gasteiger partial charge in [-0.15, -0.1) is 6.42 Å². The van der Waals surface area contributed by atoms with E-state index in [1.807, 2.05) is 11.8 Å². The van der Waals surface area contributed by atoms with E-state index >= 15 is 0 Å². The summed E-state index contributed by atoms with van der Waals surface area (Å²) in [5.41, 5.74) is 5.66. The summed E-state index contributed by atoms with van der Waals surface area (Å²) in [6, 6.07) is 0.190. The lowest BCUT2D eigenvalue weighted by atomic mass is 10.1. The number of amides is 1. The Morgan fingerprint density at radius 1 is 1.41 bits per heavy atom. The SMILES string of the molecule is C#CCN1CCN(C(=O)CCCC(C)N)CC1. The van der Waals surface area contributed by atoms with Crippen LogP contribution >= 0.6 is 0 Å². The van der Waals surface area contributed by atoms with E-state index in [1.165, 1.54) is 0 Å². The van der Waals surface area contributed by atoms with E-state index in [9.17, 15) is 4.79 Å². The molecule has 1 fully saturated rings. The molecule has 1 aliphatic heterocycles. The molecule has 1 amide bonds. The van der Waals surface area contributed by atoms with Gasteiger partial charge in [-0.1, -0.05) is 5.92 Å². The second kappa shape index (κ2) is 7.31. The molecule has 0 aromatic rings. The van der Waals surface area contributed by atoms with Gasteiger partial charge in [0.2, 0.25) is 5.91 Å². The quantitative estimate of drug-likeness (QED) is 0.699. The standard InChI is InChI=1S/C13H23N3O/c1-3-7-15-8-10-16(11-9-15)13(17)6-4-5-12(2)14/h1,12H,4-11,14H2,2H3. The Labute approximate surface area is 104 Å². The van der Waals surface area contributed by atoms with Crippen LogP contribution in [0.5, 0.6) is 0 Å². The summed E-state index contributed by atoms with van der Waals surface area (Å²) in [6.45, 7) is 6.06. The first kappa shape index (κ1) is 14.0. The molecular formula is C13H23N3O. The van der Waals surface area contributed by atoms with Crippen molar-refractivity contribution in [1.29, 1.82) is 0 Å². The summed E-state index contributed by atoms with van der Waals surface area (Å²) in [5, 5.41) is 0. The molecule has 1 heterocycles. The number of carbonyl (C=O) groups is 1. The fraction of sp³-hybridized carbons (Fsp3) is 0.769. The molecule has 0 radical (unpaired) electrons. The molecular weight excluding hydrogens is 214 g/mol. The van der Waals surface area contributed by atoms with Crippen molar-refractivity contribution in [2.45, 2.75) is 32.2 Å². The molecule has 0 saturated carbocycles. The predicted molar refractivity (Wildman–Crippen MR) is 69.4 cm³/mol. The third kappa shape index (κ3) is 5.20. The van der Waals surface area contributed by atoms with Crippen LogP contribution in [0.3, 0.4) is 0 Å². The van der Waals surface area contributed by atoms with Gasteiger partial charge in [0.05, 0.1) is 6.54 Å². The van der Waals surface area contributed by atoms with Crippen LogP contribution in [0.1, 0.15) is 26.2 Å². The monoisotopic (exact) mass is 237 g/mol. The minimum Gasteiger partial charge on any atom is -0.340 e. The lowest BCUT2D eigenvalue weighted by Gasteiger charge is -2.33. The highest BCUT2D eigenvalue weighted by Gasteiger charge is 2.19. The normalized spacial score (nSPS) is 18.8. The van der Waals surface area contributed by atoms with Gasteiger partial charge in [-0.25, -0.2) is 0 Å². The van der Waals surface area contributed by atoms with Gasteiger partial charge in [-0.3, -0.25) is 9.69 Å². The van der Waals surface area contributed by atoms with Crippen LogP contribution in [0.4, 0.5) is 0 Å². The van der Waals surface area contributed by atoms with Gasteiger partial charge < -0.3 is 10.6 Å². The average Bonchev–Trinajstić information content (AvgIpc) is 2.30. The van der Waals surface area contributed by atoms with E-state index in [4.69, 9.17) is 12.2 Å². The molecule has 17 heavy (non-hydrogen) atoms. The number of hydrogen-bond donors (Lipinski definition) is 1. The number of piperazine rings is 1. The molecule has 1 unspecified atom stereocenters. The van der Waals surface area contributed by atoms with Gasteiger partial charge in [0.15, 0.2) is 0 Å². The van der Waals surface area contributed by atoms with Crippen molar-refractivity contribution in [3.05, 3.63) is 0 Å². The zero-order valence-corrected chi connectivity index (χ0v) is 10.7. The lowest BCUT2D eigenvalue weighted by Crippen LogP contribution is -2.48. The fourth-order valence-corrected chi connectivity index (χ4v) is 2.02. The number of terminal acetylenes is 1. The van der Waals surface area contributed by atoms with Crippen molar-refractivity contribution in [2.24, 2.45) is 5.73 Å². The van der Waals surface area contributed by atoms with Crippen LogP contribution in [0, 0.1) is 12.3 Å². The summed E-state index contributed by atoms with van der Waals surface area (Å²) in [4.78, 5) is 16.0. The van der Waals surface area contributed by atoms with E-state index in [0.717, 1.165) is 39.0 Å². The Balaban J connectivity index is 2.20. The molecule has 1 saturated heterocycles. The fourth-order valence-electron chi connectivity index (χ4n) is 2.02. The Morgan fingerprint density at radius 3 is 2.59 bits per heavy atom. The third-order valence-electron chi connectivity index (χ3n) is 3.09. The smallest absolute Gasteiger partial charge is 0.222 e. The number of carbonyl (C=O) groups excluding carboxylic acids is 1. The molecule has 0 spiro atoms. The van der Waals surface area contributed by atoms with Crippen molar-refractivity contribution < 1.29 is 4.79 Å². The van der Waals surface area contributed by atoms with E-state index < -0.39 is 0 Å². The first-order valence-corrected chi connectivity index (χ1v) is 6.32. The highest BCUT2D eigenvalue weighted by atomic mass is 16.2. The molecule has 1 aliphatic rings. The van der Waals surface area contributed by atoms with Crippen LogP contribution in [0.15, 0.2) is 0 Å². The Morgan fingerprint density at radius 2 is 2.06 bits per heavy atom. The molecule has 0 aromatic heterocycles. The Hall–Kier alpha value is -1.05. The molecule has 4 nitrogen and oxygen atoms in total. The van der Waals surface area contributed by atoms with E-state index in [0.29, 0.717) is 13.0 Å². The predicted octanol–water partition coefficient (Wildman–Crippen LogP) is 0.281. The Bertz CT molecular complexity index is 275. The molecule has 0 aliphatic carbocycles. The van der Waals surface area contributed by atoms with Crippen LogP contribution in [0.25, 0.3) is 0 Å². The largest absolute Gasteiger partial charge is 0.340 e. The highest BCUT2D eigenvalue weighted by molar-refractivity contribution is 5.76. The summed E-state index contributed by atoms with van der Waals surface area (Å²) in [5.74, 6) is 2.89. The molecule has 2 N–H and O–H groups in total. The van der Waals surface area contributed by atoms with E-state index in [-0.39, 0.29) is 11.9 Å². The van der Waals surface area contributed by atoms with Gasteiger partial charge in [0.1, 0.15) is 0 Å². The van der Waals surface area contributed by atoms with Gasteiger partial charge >= 0.3 is 0 Å². The van der Waals surface area contributed by atoms with Gasteiger partial charge in [-0.2, -0.15) is 0 Å². The average molecular weight is 237 g/mol. The number of nitrogens with two attached hydrogens (primary N) is 1. The maximum Gasteiger partial charge on any atom is 0.222 e. The molecule has 1 rings (SSSR count). The zero-order valence-electron chi connectivity index (χ0n) is 10.7. The second-order valence-electron chi connectivity index (χ2n) is 4.73. The Kier molecular flexibility index (Phi) is 6.03. The van der Waals surface area contributed by atoms with E-state index in [1.54, 1.807) is 0 Å². The van der Waals surface area contributed by atoms with Gasteiger partial charge in [0, 0.05) is 38.6 Å². The van der Waals surface area contributed by atoms with Crippen molar-refractivity contribution in [3.63, 3.8) is 0 Å². The maximum atomic E-state index is 11.9. The second-order valence-corrected chi connectivity index (χ2v) is 4.73. The van der Waals surface area contributed by atoms with Crippen LogP contribution < -0.4 is 5.73 Å². The summed E-state index contributed by atoms with van der Waals surface area (Å²) < 4.78 is 0. The minimum atomic E-state index is 0.190. The van der Waals surface area contributed by atoms with Crippen LogP contribution in [-0.4, -0.2) is 54.5 Å². The van der Waals surface area contributed by atoms with Crippen molar-refractivity contribution >= 4 is 5.91 Å². The minimum absolute atomic E-state index is 0.190. The van der Waals surface area contributed by atoms with Crippen molar-refractivity contribution in [3.8, 4) is 12.3 Å². The molecule has 0 aromatic carbocycles. The van der Waals surface area contributed by atoms with Crippen LogP contribution in [0.2, 0.25) is 0 Å². The zero-order chi connectivity index (χ0) is 12.7. The van der Waals surface area contributed by atoms with Gasteiger partial charge in [0.25, 0.3) is 0 Å². The van der Waals surface area contributed by atoms with E-state index in [2.05, 4.69) is 10.8 Å². The van der Waals surface area contributed by atoms with Crippen molar-refractivity contribution in [1.82, 2.24) is 9.80 Å². The highest BCUT2D eigenvalue weighted by Crippen LogP contribution is 2.06. The molecule has 4 heteroatoms. The molecule has 0 bridgehead atoms.